The number of carbonyl (C=O) groups is 6. The lowest BCUT2D eigenvalue weighted by molar-refractivity contribution is -0.190. The maximum absolute atomic E-state index is 12.4. The fourth-order valence-corrected chi connectivity index (χ4v) is 13.6. The molecule has 12 heteroatoms. The van der Waals surface area contributed by atoms with Gasteiger partial charge in [-0.15, -0.1) is 0 Å². The molecule has 6 rings (SSSR count). The van der Waals surface area contributed by atoms with Gasteiger partial charge in [-0.2, -0.15) is 0 Å². The summed E-state index contributed by atoms with van der Waals surface area (Å²) in [6.45, 7) is 55.4. The zero-order valence-corrected chi connectivity index (χ0v) is 70.3. The second-order valence-corrected chi connectivity index (χ2v) is 37.3. The summed E-state index contributed by atoms with van der Waals surface area (Å²) in [6.07, 6.45) is 43.9. The quantitative estimate of drug-likeness (QED) is 0.0609. The molecule has 0 spiro atoms. The molecule has 0 bridgehead atoms. The van der Waals surface area contributed by atoms with Gasteiger partial charge in [0, 0.05) is 5.41 Å². The summed E-state index contributed by atoms with van der Waals surface area (Å²) in [6, 6.07) is 0. The maximum atomic E-state index is 12.4. The van der Waals surface area contributed by atoms with E-state index in [1.54, 1.807) is 0 Å². The Morgan fingerprint density at radius 3 is 0.707 bits per heavy atom. The first kappa shape index (κ1) is 93.8. The molecule has 0 N–H and O–H groups in total. The Morgan fingerprint density at radius 2 is 0.475 bits per heavy atom. The summed E-state index contributed by atoms with van der Waals surface area (Å²) >= 11 is 0. The molecule has 0 atom stereocenters. The lowest BCUT2D eigenvalue weighted by Crippen LogP contribution is -2.50. The first-order chi connectivity index (χ1) is 45.7. The summed E-state index contributed by atoms with van der Waals surface area (Å²) in [5.41, 5.74) is -3.20. The van der Waals surface area contributed by atoms with Crippen LogP contribution in [0.3, 0.4) is 0 Å². The van der Waals surface area contributed by atoms with Gasteiger partial charge >= 0.3 is 35.8 Å². The third-order valence-electron chi connectivity index (χ3n) is 25.4. The van der Waals surface area contributed by atoms with Crippen molar-refractivity contribution in [2.75, 3.05) is 0 Å². The van der Waals surface area contributed by atoms with Gasteiger partial charge in [0.2, 0.25) is 0 Å². The third kappa shape index (κ3) is 30.4. The molecule has 0 heterocycles. The molecule has 0 radical (unpaired) electrons. The molecule has 0 saturated heterocycles. The van der Waals surface area contributed by atoms with E-state index < -0.39 is 0 Å². The van der Waals surface area contributed by atoms with Crippen molar-refractivity contribution >= 4 is 35.8 Å². The van der Waals surface area contributed by atoms with Gasteiger partial charge in [0.25, 0.3) is 0 Å². The van der Waals surface area contributed by atoms with Crippen molar-refractivity contribution in [2.24, 2.45) is 43.8 Å². The van der Waals surface area contributed by atoms with E-state index in [0.29, 0.717) is 5.92 Å². The molecule has 0 aromatic heterocycles. The fraction of sp³-hybridized carbons (Fsp3) is 0.931. The van der Waals surface area contributed by atoms with Crippen LogP contribution in [0, 0.1) is 43.8 Å². The minimum Gasteiger partial charge on any atom is -0.459 e. The van der Waals surface area contributed by atoms with Gasteiger partial charge in [-0.25, -0.2) is 0 Å². The second kappa shape index (κ2) is 41.5. The van der Waals surface area contributed by atoms with Crippen LogP contribution in [0.2, 0.25) is 0 Å². The zero-order chi connectivity index (χ0) is 76.1. The van der Waals surface area contributed by atoms with Crippen LogP contribution in [0.4, 0.5) is 0 Å². The molecule has 582 valence electrons. The summed E-state index contributed by atoms with van der Waals surface area (Å²) < 4.78 is 35.3. The highest BCUT2D eigenvalue weighted by molar-refractivity contribution is 5.78. The third-order valence-corrected chi connectivity index (χ3v) is 25.4. The van der Waals surface area contributed by atoms with Crippen LogP contribution in [-0.2, 0) is 57.2 Å². The first-order valence-corrected chi connectivity index (χ1v) is 41.1. The van der Waals surface area contributed by atoms with Crippen LogP contribution in [0.25, 0.3) is 0 Å². The maximum Gasteiger partial charge on any atom is 0.312 e. The van der Waals surface area contributed by atoms with E-state index in [2.05, 4.69) is 62.3 Å². The standard InChI is InChI=1S/C16H30O2.2C15H28O2.2C14H26O2.C13H24O2/c1-7-15(5,6)13(17)18-16(14(2,3)4)11-9-8-10-12-16;1-6-14(4,5)13(16)17-15(12(2)3)10-8-7-9-11-15;1-5-14(3,4)13(16)17-15(6-2)11-9-7-8-10-12-15;1-5-13(2,3)12(15)16-14(4)10-8-6-7-9-11-14;1-5-13(3,4)12(15)16-14(6-2)10-8-7-9-11-14;1-5-12(2,3)11(14)15-13(4)9-7-6-8-10-13/h7-12H2,1-6H3;12H,6-11H2,1-5H3;5-12H2,1-4H3;2*5-11H2,1-4H3;5-10H2,1-4H3. The largest absolute Gasteiger partial charge is 0.459 e. The Bertz CT molecular complexity index is 2340. The van der Waals surface area contributed by atoms with Gasteiger partial charge in [-0.05, 0) is 308 Å². The molecule has 0 aromatic rings. The van der Waals surface area contributed by atoms with Crippen LogP contribution in [0.15, 0.2) is 0 Å². The molecule has 0 aromatic carbocycles. The molecule has 0 aliphatic heterocycles. The van der Waals surface area contributed by atoms with Gasteiger partial charge in [0.15, 0.2) is 0 Å². The van der Waals surface area contributed by atoms with E-state index in [-0.39, 0.29) is 107 Å². The first-order valence-electron chi connectivity index (χ1n) is 41.1. The zero-order valence-electron chi connectivity index (χ0n) is 70.3. The van der Waals surface area contributed by atoms with Crippen molar-refractivity contribution in [3.63, 3.8) is 0 Å². The SMILES string of the molecule is CCC(C)(C)C(=O)OC1(C(C)(C)C)CCCCC1.CCC(C)(C)C(=O)OC1(C(C)C)CCCCC1.CCC(C)(C)C(=O)OC1(C)CCCCC1.CCC(C)(C)C(=O)OC1(C)CCCCCC1.CCC1(OC(=O)C(C)(C)CC)CCCCC1.CCC1(OC(=O)C(C)(C)CC)CCCCCC1. The Morgan fingerprint density at radius 1 is 0.273 bits per heavy atom. The Labute approximate surface area is 611 Å². The van der Waals surface area contributed by atoms with E-state index in [1.807, 2.05) is 125 Å². The van der Waals surface area contributed by atoms with Crippen molar-refractivity contribution in [3.05, 3.63) is 0 Å². The smallest absolute Gasteiger partial charge is 0.312 e. The molecule has 99 heavy (non-hydrogen) atoms. The number of esters is 6. The van der Waals surface area contributed by atoms with Crippen molar-refractivity contribution in [2.45, 2.75) is 477 Å². The summed E-state index contributed by atoms with van der Waals surface area (Å²) in [5, 5.41) is 0. The molecule has 6 saturated carbocycles. The van der Waals surface area contributed by atoms with E-state index in [0.717, 1.165) is 128 Å². The molecule has 6 fully saturated rings. The van der Waals surface area contributed by atoms with Gasteiger partial charge in [0.05, 0.1) is 32.5 Å². The molecule has 12 nitrogen and oxygen atoms in total. The topological polar surface area (TPSA) is 158 Å². The molecular weight excluding hydrogens is 1240 g/mol. The highest BCUT2D eigenvalue weighted by Gasteiger charge is 2.49. The summed E-state index contributed by atoms with van der Waals surface area (Å²) in [5.74, 6) is 0.285. The van der Waals surface area contributed by atoms with Gasteiger partial charge < -0.3 is 28.4 Å². The molecule has 6 aliphatic carbocycles. The van der Waals surface area contributed by atoms with Crippen molar-refractivity contribution in [1.29, 1.82) is 0 Å². The van der Waals surface area contributed by atoms with Crippen molar-refractivity contribution in [3.8, 4) is 0 Å². The van der Waals surface area contributed by atoms with E-state index in [4.69, 9.17) is 28.4 Å². The number of rotatable bonds is 21. The van der Waals surface area contributed by atoms with Crippen LogP contribution in [0.1, 0.15) is 444 Å². The highest BCUT2D eigenvalue weighted by Crippen LogP contribution is 2.47. The van der Waals surface area contributed by atoms with Gasteiger partial charge in [-0.3, -0.25) is 28.8 Å². The molecule has 0 unspecified atom stereocenters. The van der Waals surface area contributed by atoms with Crippen molar-refractivity contribution in [1.82, 2.24) is 0 Å². The Hall–Kier alpha value is -3.18. The summed E-state index contributed by atoms with van der Waals surface area (Å²) in [4.78, 5) is 73.0. The number of hydrogen-bond acceptors (Lipinski definition) is 12. The highest BCUT2D eigenvalue weighted by atomic mass is 16.6. The fourth-order valence-electron chi connectivity index (χ4n) is 13.6. The van der Waals surface area contributed by atoms with Gasteiger partial charge in [0.1, 0.15) is 33.6 Å². The number of hydrogen-bond donors (Lipinski definition) is 0. The molecule has 0 amide bonds. The average molecular weight is 1400 g/mol. The minimum atomic E-state index is -0.365. The summed E-state index contributed by atoms with van der Waals surface area (Å²) in [7, 11) is 0. The van der Waals surface area contributed by atoms with Gasteiger partial charge in [-0.1, -0.05) is 141 Å². The lowest BCUT2D eigenvalue weighted by atomic mass is 9.68. The normalized spacial score (nSPS) is 20.7. The van der Waals surface area contributed by atoms with Crippen LogP contribution < -0.4 is 0 Å². The predicted molar refractivity (Wildman–Crippen MR) is 411 cm³/mol. The van der Waals surface area contributed by atoms with E-state index in [9.17, 15) is 28.8 Å². The second-order valence-electron chi connectivity index (χ2n) is 37.3. The van der Waals surface area contributed by atoms with Crippen LogP contribution in [0.5, 0.6) is 0 Å². The minimum absolute atomic E-state index is 0.0104. The molecule has 6 aliphatic rings. The number of ether oxygens (including phenoxy) is 6. The lowest BCUT2D eigenvalue weighted by Gasteiger charge is -2.47. The van der Waals surface area contributed by atoms with Crippen LogP contribution in [-0.4, -0.2) is 69.4 Å². The van der Waals surface area contributed by atoms with E-state index >= 15 is 0 Å². The molecular formula is C87H162O12. The average Bonchev–Trinajstić information content (AvgIpc) is 0.912. The monoisotopic (exact) mass is 1400 g/mol. The Kier molecular flexibility index (Phi) is 39.3. The van der Waals surface area contributed by atoms with Crippen LogP contribution >= 0.6 is 0 Å². The predicted octanol–water partition coefficient (Wildman–Crippen LogP) is 25.4. The van der Waals surface area contributed by atoms with E-state index in [1.165, 1.54) is 128 Å². The van der Waals surface area contributed by atoms with Crippen molar-refractivity contribution < 1.29 is 57.2 Å². The number of carbonyl (C=O) groups excluding carboxylic acids is 6. The Balaban J connectivity index is 0.000000594.